The highest BCUT2D eigenvalue weighted by Gasteiger charge is 2.22. The lowest BCUT2D eigenvalue weighted by atomic mass is 9.94. The van der Waals surface area contributed by atoms with Crippen molar-refractivity contribution in [2.45, 2.75) is 12.5 Å². The molecule has 3 nitrogen and oxygen atoms in total. The largest absolute Gasteiger partial charge is 0.493 e. The first-order valence-corrected chi connectivity index (χ1v) is 7.18. The molecule has 2 heterocycles. The molecule has 0 amide bonds. The zero-order chi connectivity index (χ0) is 14.2. The third-order valence-electron chi connectivity index (χ3n) is 4.10. The van der Waals surface area contributed by atoms with E-state index >= 15 is 0 Å². The van der Waals surface area contributed by atoms with Gasteiger partial charge in [-0.15, -0.1) is 0 Å². The summed E-state index contributed by atoms with van der Waals surface area (Å²) < 4.78 is 5.79. The number of pyridine rings is 1. The average Bonchev–Trinajstić information content (AvgIpc) is 3.02. The Morgan fingerprint density at radius 3 is 2.86 bits per heavy atom. The van der Waals surface area contributed by atoms with Gasteiger partial charge in [0.25, 0.3) is 0 Å². The molecule has 0 bridgehead atoms. The van der Waals surface area contributed by atoms with Crippen LogP contribution in [0, 0.1) is 0 Å². The van der Waals surface area contributed by atoms with Crippen LogP contribution in [0.15, 0.2) is 54.7 Å². The Morgan fingerprint density at radius 1 is 1.00 bits per heavy atom. The summed E-state index contributed by atoms with van der Waals surface area (Å²) in [5.74, 6) is 0.964. The Labute approximate surface area is 123 Å². The van der Waals surface area contributed by atoms with Crippen molar-refractivity contribution in [1.82, 2.24) is 4.98 Å². The van der Waals surface area contributed by atoms with Gasteiger partial charge in [-0.3, -0.25) is 4.98 Å². The summed E-state index contributed by atoms with van der Waals surface area (Å²) >= 11 is 0. The molecule has 0 spiro atoms. The number of rotatable bonds is 2. The monoisotopic (exact) mass is 276 g/mol. The summed E-state index contributed by atoms with van der Waals surface area (Å²) in [4.78, 5) is 4.40. The Hall–Kier alpha value is -2.39. The molecule has 1 unspecified atom stereocenters. The lowest BCUT2D eigenvalue weighted by Crippen LogP contribution is -2.13. The van der Waals surface area contributed by atoms with E-state index in [1.165, 1.54) is 5.56 Å². The highest BCUT2D eigenvalue weighted by Crippen LogP contribution is 2.36. The van der Waals surface area contributed by atoms with Gasteiger partial charge in [0.2, 0.25) is 0 Å². The highest BCUT2D eigenvalue weighted by atomic mass is 16.5. The van der Waals surface area contributed by atoms with E-state index in [0.29, 0.717) is 0 Å². The third-order valence-corrected chi connectivity index (χ3v) is 4.10. The summed E-state index contributed by atoms with van der Waals surface area (Å²) in [6.45, 7) is 0.746. The van der Waals surface area contributed by atoms with Crippen LogP contribution in [0.1, 0.15) is 22.7 Å². The fraction of sp³-hybridized carbons (Fsp3) is 0.167. The SMILES string of the molecule is NC(c1cccc2c1OCC2)c1ccnc2ccccc12. The summed E-state index contributed by atoms with van der Waals surface area (Å²) in [5, 5.41) is 1.10. The van der Waals surface area contributed by atoms with Gasteiger partial charge in [-0.1, -0.05) is 36.4 Å². The number of nitrogens with two attached hydrogens (primary N) is 1. The summed E-state index contributed by atoms with van der Waals surface area (Å²) in [6.07, 6.45) is 2.79. The summed E-state index contributed by atoms with van der Waals surface area (Å²) in [6, 6.07) is 16.1. The van der Waals surface area contributed by atoms with Crippen LogP contribution in [0.2, 0.25) is 0 Å². The molecule has 0 radical (unpaired) electrons. The molecule has 1 aliphatic heterocycles. The Kier molecular flexibility index (Phi) is 2.86. The number of benzene rings is 2. The van der Waals surface area contributed by atoms with Crippen LogP contribution in [0.25, 0.3) is 10.9 Å². The fourth-order valence-electron chi connectivity index (χ4n) is 3.04. The number of para-hydroxylation sites is 2. The zero-order valence-corrected chi connectivity index (χ0v) is 11.6. The second-order valence-electron chi connectivity index (χ2n) is 5.33. The predicted octanol–water partition coefficient (Wildman–Crippen LogP) is 3.22. The molecular formula is C18H16N2O. The van der Waals surface area contributed by atoms with Crippen LogP contribution in [0.4, 0.5) is 0 Å². The molecular weight excluding hydrogens is 260 g/mol. The van der Waals surface area contributed by atoms with Crippen LogP contribution >= 0.6 is 0 Å². The molecule has 1 aliphatic rings. The van der Waals surface area contributed by atoms with Crippen LogP contribution in [0.3, 0.4) is 0 Å². The lowest BCUT2D eigenvalue weighted by Gasteiger charge is -2.17. The molecule has 2 aromatic carbocycles. The van der Waals surface area contributed by atoms with Gasteiger partial charge >= 0.3 is 0 Å². The number of hydrogen-bond acceptors (Lipinski definition) is 3. The Bertz CT molecular complexity index is 808. The van der Waals surface area contributed by atoms with Crippen molar-refractivity contribution in [1.29, 1.82) is 0 Å². The van der Waals surface area contributed by atoms with Gasteiger partial charge in [0, 0.05) is 23.6 Å². The number of hydrogen-bond donors (Lipinski definition) is 1. The van der Waals surface area contributed by atoms with Crippen molar-refractivity contribution in [3.8, 4) is 5.75 Å². The maximum absolute atomic E-state index is 6.55. The van der Waals surface area contributed by atoms with Crippen molar-refractivity contribution in [2.24, 2.45) is 5.73 Å². The molecule has 4 rings (SSSR count). The smallest absolute Gasteiger partial charge is 0.127 e. The molecule has 0 aliphatic carbocycles. The van der Waals surface area contributed by atoms with Crippen molar-refractivity contribution >= 4 is 10.9 Å². The van der Waals surface area contributed by atoms with Gasteiger partial charge < -0.3 is 10.5 Å². The van der Waals surface area contributed by atoms with Crippen molar-refractivity contribution in [3.05, 3.63) is 71.4 Å². The summed E-state index contributed by atoms with van der Waals surface area (Å²) in [5.41, 5.74) is 10.9. The molecule has 0 saturated heterocycles. The molecule has 104 valence electrons. The molecule has 3 heteroatoms. The minimum absolute atomic E-state index is 0.203. The van der Waals surface area contributed by atoms with Crippen molar-refractivity contribution in [3.63, 3.8) is 0 Å². The van der Waals surface area contributed by atoms with E-state index in [1.807, 2.05) is 30.5 Å². The normalized spacial score (nSPS) is 14.7. The highest BCUT2D eigenvalue weighted by molar-refractivity contribution is 5.83. The minimum Gasteiger partial charge on any atom is -0.493 e. The van der Waals surface area contributed by atoms with Gasteiger partial charge in [0.05, 0.1) is 18.2 Å². The summed E-state index contributed by atoms with van der Waals surface area (Å²) in [7, 11) is 0. The fourth-order valence-corrected chi connectivity index (χ4v) is 3.04. The van der Waals surface area contributed by atoms with Gasteiger partial charge in [0.1, 0.15) is 5.75 Å². The second-order valence-corrected chi connectivity index (χ2v) is 5.33. The second kappa shape index (κ2) is 4.86. The van der Waals surface area contributed by atoms with Crippen LogP contribution in [-0.2, 0) is 6.42 Å². The maximum Gasteiger partial charge on any atom is 0.127 e. The first-order chi connectivity index (χ1) is 10.3. The number of nitrogens with zero attached hydrogens (tertiary/aromatic N) is 1. The minimum atomic E-state index is -0.203. The van der Waals surface area contributed by atoms with E-state index in [9.17, 15) is 0 Å². The van der Waals surface area contributed by atoms with Gasteiger partial charge in [-0.05, 0) is 23.3 Å². The first-order valence-electron chi connectivity index (χ1n) is 7.18. The van der Waals surface area contributed by atoms with Crippen LogP contribution in [0.5, 0.6) is 5.75 Å². The zero-order valence-electron chi connectivity index (χ0n) is 11.6. The quantitative estimate of drug-likeness (QED) is 0.781. The third kappa shape index (κ3) is 1.98. The number of aromatic nitrogens is 1. The Balaban J connectivity index is 1.88. The van der Waals surface area contributed by atoms with E-state index in [4.69, 9.17) is 10.5 Å². The van der Waals surface area contributed by atoms with E-state index in [-0.39, 0.29) is 6.04 Å². The molecule has 1 atom stereocenters. The lowest BCUT2D eigenvalue weighted by molar-refractivity contribution is 0.352. The standard InChI is InChI=1S/C18H16N2O/c19-17(15-6-3-4-12-9-11-21-18(12)15)14-8-10-20-16-7-2-1-5-13(14)16/h1-8,10,17H,9,11,19H2. The molecule has 3 aromatic rings. The van der Waals surface area contributed by atoms with Crippen molar-refractivity contribution in [2.75, 3.05) is 6.61 Å². The molecule has 0 fully saturated rings. The van der Waals surface area contributed by atoms with E-state index in [0.717, 1.165) is 40.8 Å². The van der Waals surface area contributed by atoms with Gasteiger partial charge in [-0.2, -0.15) is 0 Å². The maximum atomic E-state index is 6.55. The molecule has 2 N–H and O–H groups in total. The van der Waals surface area contributed by atoms with E-state index < -0.39 is 0 Å². The average molecular weight is 276 g/mol. The number of fused-ring (bicyclic) bond motifs is 2. The van der Waals surface area contributed by atoms with Crippen LogP contribution in [-0.4, -0.2) is 11.6 Å². The molecule has 1 aromatic heterocycles. The van der Waals surface area contributed by atoms with Crippen molar-refractivity contribution < 1.29 is 4.74 Å². The first kappa shape index (κ1) is 12.4. The van der Waals surface area contributed by atoms with Gasteiger partial charge in [-0.25, -0.2) is 0 Å². The molecule has 0 saturated carbocycles. The predicted molar refractivity (Wildman–Crippen MR) is 83.4 cm³/mol. The van der Waals surface area contributed by atoms with E-state index in [2.05, 4.69) is 29.2 Å². The number of ether oxygens (including phenoxy) is 1. The van der Waals surface area contributed by atoms with E-state index in [1.54, 1.807) is 0 Å². The Morgan fingerprint density at radius 2 is 1.90 bits per heavy atom. The molecule has 21 heavy (non-hydrogen) atoms. The topological polar surface area (TPSA) is 48.1 Å². The van der Waals surface area contributed by atoms with Gasteiger partial charge in [0.15, 0.2) is 0 Å². The van der Waals surface area contributed by atoms with Crippen LogP contribution < -0.4 is 10.5 Å².